The predicted octanol–water partition coefficient (Wildman–Crippen LogP) is 2.85. The lowest BCUT2D eigenvalue weighted by atomic mass is 10.1. The summed E-state index contributed by atoms with van der Waals surface area (Å²) in [5.74, 6) is -0.916. The van der Waals surface area contributed by atoms with Crippen LogP contribution in [-0.4, -0.2) is 5.91 Å². The van der Waals surface area contributed by atoms with Crippen molar-refractivity contribution in [2.45, 2.75) is 13.5 Å². The second-order valence-electron chi connectivity index (χ2n) is 4.39. The van der Waals surface area contributed by atoms with Crippen molar-refractivity contribution in [3.8, 4) is 0 Å². The molecule has 0 saturated heterocycles. The first-order valence-electron chi connectivity index (χ1n) is 5.95. The van der Waals surface area contributed by atoms with Gasteiger partial charge in [0.2, 0.25) is 5.91 Å². The van der Waals surface area contributed by atoms with Gasteiger partial charge < -0.3 is 11.1 Å². The van der Waals surface area contributed by atoms with Crippen molar-refractivity contribution >= 4 is 11.6 Å². The minimum Gasteiger partial charge on any atom is -0.381 e. The van der Waals surface area contributed by atoms with E-state index in [1.54, 1.807) is 0 Å². The third-order valence-electron chi connectivity index (χ3n) is 2.86. The van der Waals surface area contributed by atoms with E-state index in [9.17, 15) is 9.18 Å². The quantitative estimate of drug-likeness (QED) is 0.886. The van der Waals surface area contributed by atoms with E-state index < -0.39 is 5.91 Å². The zero-order valence-electron chi connectivity index (χ0n) is 10.6. The molecular weight excluding hydrogens is 243 g/mol. The van der Waals surface area contributed by atoms with Crippen LogP contribution in [0.5, 0.6) is 0 Å². The highest BCUT2D eigenvalue weighted by atomic mass is 19.1. The maximum absolute atomic E-state index is 13.6. The average Bonchev–Trinajstić information content (AvgIpc) is 2.39. The smallest absolute Gasteiger partial charge is 0.248 e. The van der Waals surface area contributed by atoms with E-state index in [1.807, 2.05) is 31.2 Å². The van der Waals surface area contributed by atoms with Gasteiger partial charge >= 0.3 is 0 Å². The number of aryl methyl sites for hydroxylation is 1. The highest BCUT2D eigenvalue weighted by Crippen LogP contribution is 2.14. The molecule has 3 N–H and O–H groups in total. The van der Waals surface area contributed by atoms with E-state index in [4.69, 9.17) is 5.73 Å². The first-order valence-corrected chi connectivity index (χ1v) is 5.95. The SMILES string of the molecule is Cc1ccc(NCc2cc(C(N)=O)ccc2F)cc1. The Balaban J connectivity index is 2.12. The van der Waals surface area contributed by atoms with Crippen molar-refractivity contribution in [2.24, 2.45) is 5.73 Å². The number of anilines is 1. The van der Waals surface area contributed by atoms with Gasteiger partial charge in [0.25, 0.3) is 0 Å². The molecular formula is C15H15FN2O. The highest BCUT2D eigenvalue weighted by Gasteiger charge is 2.06. The van der Waals surface area contributed by atoms with Crippen molar-refractivity contribution in [1.82, 2.24) is 0 Å². The van der Waals surface area contributed by atoms with Gasteiger partial charge in [-0.25, -0.2) is 4.39 Å². The van der Waals surface area contributed by atoms with Crippen LogP contribution in [0.1, 0.15) is 21.5 Å². The van der Waals surface area contributed by atoms with Crippen LogP contribution in [-0.2, 0) is 6.54 Å². The Labute approximate surface area is 111 Å². The van der Waals surface area contributed by atoms with E-state index in [1.165, 1.54) is 18.2 Å². The Kier molecular flexibility index (Phi) is 3.80. The molecule has 0 aromatic heterocycles. The van der Waals surface area contributed by atoms with Gasteiger partial charge in [0.1, 0.15) is 5.82 Å². The first kappa shape index (κ1) is 13.1. The molecule has 2 aromatic rings. The third kappa shape index (κ3) is 3.31. The van der Waals surface area contributed by atoms with Crippen LogP contribution in [0.4, 0.5) is 10.1 Å². The Morgan fingerprint density at radius 1 is 1.21 bits per heavy atom. The molecule has 2 aromatic carbocycles. The lowest BCUT2D eigenvalue weighted by Gasteiger charge is -2.08. The molecule has 98 valence electrons. The minimum atomic E-state index is -0.559. The van der Waals surface area contributed by atoms with E-state index >= 15 is 0 Å². The summed E-state index contributed by atoms with van der Waals surface area (Å²) >= 11 is 0. The standard InChI is InChI=1S/C15H15FN2O/c1-10-2-5-13(6-3-10)18-9-12-8-11(15(17)19)4-7-14(12)16/h2-8,18H,9H2,1H3,(H2,17,19). The molecule has 0 atom stereocenters. The molecule has 0 heterocycles. The molecule has 0 unspecified atom stereocenters. The lowest BCUT2D eigenvalue weighted by Crippen LogP contribution is -2.12. The van der Waals surface area contributed by atoms with Gasteiger partial charge in [0.05, 0.1) is 0 Å². The molecule has 0 aliphatic rings. The van der Waals surface area contributed by atoms with Crippen molar-refractivity contribution in [1.29, 1.82) is 0 Å². The van der Waals surface area contributed by atoms with Crippen LogP contribution in [0, 0.1) is 12.7 Å². The number of benzene rings is 2. The van der Waals surface area contributed by atoms with E-state index in [0.717, 1.165) is 11.3 Å². The number of hydrogen-bond donors (Lipinski definition) is 2. The topological polar surface area (TPSA) is 55.1 Å². The summed E-state index contributed by atoms with van der Waals surface area (Å²) in [5.41, 5.74) is 7.95. The Morgan fingerprint density at radius 3 is 2.53 bits per heavy atom. The summed E-state index contributed by atoms with van der Waals surface area (Å²) in [6, 6.07) is 11.9. The van der Waals surface area contributed by atoms with Crippen molar-refractivity contribution in [2.75, 3.05) is 5.32 Å². The summed E-state index contributed by atoms with van der Waals surface area (Å²) < 4.78 is 13.6. The van der Waals surface area contributed by atoms with Crippen LogP contribution in [0.3, 0.4) is 0 Å². The Bertz CT molecular complexity index is 594. The number of amides is 1. The van der Waals surface area contributed by atoms with Crippen LogP contribution in [0.2, 0.25) is 0 Å². The molecule has 0 saturated carbocycles. The van der Waals surface area contributed by atoms with Crippen molar-refractivity contribution in [3.63, 3.8) is 0 Å². The van der Waals surface area contributed by atoms with Crippen LogP contribution >= 0.6 is 0 Å². The summed E-state index contributed by atoms with van der Waals surface area (Å²) in [6.45, 7) is 2.30. The molecule has 0 aliphatic carbocycles. The van der Waals surface area contributed by atoms with Gasteiger partial charge in [-0.2, -0.15) is 0 Å². The van der Waals surface area contributed by atoms with E-state index in [0.29, 0.717) is 17.7 Å². The Hall–Kier alpha value is -2.36. The summed E-state index contributed by atoms with van der Waals surface area (Å²) in [6.07, 6.45) is 0. The van der Waals surface area contributed by atoms with Gasteiger partial charge in [-0.05, 0) is 37.3 Å². The predicted molar refractivity (Wildman–Crippen MR) is 73.4 cm³/mol. The van der Waals surface area contributed by atoms with Gasteiger partial charge in [0, 0.05) is 23.4 Å². The fourth-order valence-electron chi connectivity index (χ4n) is 1.73. The number of halogens is 1. The van der Waals surface area contributed by atoms with Crippen LogP contribution in [0.25, 0.3) is 0 Å². The van der Waals surface area contributed by atoms with Crippen LogP contribution < -0.4 is 11.1 Å². The average molecular weight is 258 g/mol. The minimum absolute atomic E-state index is 0.302. The number of carbonyl (C=O) groups is 1. The maximum atomic E-state index is 13.6. The lowest BCUT2D eigenvalue weighted by molar-refractivity contribution is 0.1000. The third-order valence-corrected chi connectivity index (χ3v) is 2.86. The molecule has 0 bridgehead atoms. The molecule has 2 rings (SSSR count). The van der Waals surface area contributed by atoms with Crippen LogP contribution in [0.15, 0.2) is 42.5 Å². The molecule has 0 radical (unpaired) electrons. The largest absolute Gasteiger partial charge is 0.381 e. The zero-order valence-corrected chi connectivity index (χ0v) is 10.6. The van der Waals surface area contributed by atoms with Gasteiger partial charge in [0.15, 0.2) is 0 Å². The normalized spacial score (nSPS) is 10.2. The monoisotopic (exact) mass is 258 g/mol. The fraction of sp³-hybridized carbons (Fsp3) is 0.133. The molecule has 3 nitrogen and oxygen atoms in total. The fourth-order valence-corrected chi connectivity index (χ4v) is 1.73. The zero-order chi connectivity index (χ0) is 13.8. The summed E-state index contributed by atoms with van der Waals surface area (Å²) in [5, 5.41) is 3.10. The highest BCUT2D eigenvalue weighted by molar-refractivity contribution is 5.92. The second-order valence-corrected chi connectivity index (χ2v) is 4.39. The molecule has 0 spiro atoms. The number of rotatable bonds is 4. The summed E-state index contributed by atoms with van der Waals surface area (Å²) in [4.78, 5) is 11.1. The van der Waals surface area contributed by atoms with Crippen molar-refractivity contribution in [3.05, 3.63) is 65.0 Å². The number of primary amides is 1. The molecule has 4 heteroatoms. The second kappa shape index (κ2) is 5.52. The van der Waals surface area contributed by atoms with Gasteiger partial charge in [-0.3, -0.25) is 4.79 Å². The van der Waals surface area contributed by atoms with E-state index in [-0.39, 0.29) is 5.82 Å². The van der Waals surface area contributed by atoms with Gasteiger partial charge in [-0.15, -0.1) is 0 Å². The van der Waals surface area contributed by atoms with Crippen molar-refractivity contribution < 1.29 is 9.18 Å². The molecule has 0 aliphatic heterocycles. The molecule has 19 heavy (non-hydrogen) atoms. The first-order chi connectivity index (χ1) is 9.06. The van der Waals surface area contributed by atoms with Gasteiger partial charge in [-0.1, -0.05) is 17.7 Å². The molecule has 0 fully saturated rings. The number of nitrogens with one attached hydrogen (secondary N) is 1. The number of carbonyl (C=O) groups excluding carboxylic acids is 1. The Morgan fingerprint density at radius 2 is 1.89 bits per heavy atom. The maximum Gasteiger partial charge on any atom is 0.248 e. The number of hydrogen-bond acceptors (Lipinski definition) is 2. The van der Waals surface area contributed by atoms with E-state index in [2.05, 4.69) is 5.32 Å². The molecule has 1 amide bonds. The summed E-state index contributed by atoms with van der Waals surface area (Å²) in [7, 11) is 0. The number of nitrogens with two attached hydrogens (primary N) is 1.